The predicted molar refractivity (Wildman–Crippen MR) is 81.0 cm³/mol. The van der Waals surface area contributed by atoms with Crippen LogP contribution in [0.25, 0.3) is 0 Å². The number of halogens is 1. The summed E-state index contributed by atoms with van der Waals surface area (Å²) in [6, 6.07) is 7.03. The van der Waals surface area contributed by atoms with Crippen LogP contribution in [-0.4, -0.2) is 11.0 Å². The monoisotopic (exact) mass is 292 g/mol. The van der Waals surface area contributed by atoms with E-state index < -0.39 is 0 Å². The lowest BCUT2D eigenvalue weighted by Crippen LogP contribution is -2.32. The summed E-state index contributed by atoms with van der Waals surface area (Å²) in [5.74, 6) is 0. The summed E-state index contributed by atoms with van der Waals surface area (Å²) in [5, 5.41) is 7.80. The molecule has 0 bridgehead atoms. The molecule has 2 atom stereocenters. The Labute approximate surface area is 122 Å². The van der Waals surface area contributed by atoms with Crippen LogP contribution in [0.5, 0.6) is 0 Å². The highest BCUT2D eigenvalue weighted by Crippen LogP contribution is 2.27. The third-order valence-corrected chi connectivity index (χ3v) is 4.97. The number of rotatable bonds is 3. The Kier molecular flexibility index (Phi) is 3.61. The van der Waals surface area contributed by atoms with Gasteiger partial charge in [0.2, 0.25) is 0 Å². The van der Waals surface area contributed by atoms with Crippen LogP contribution in [0.4, 0.5) is 0 Å². The first-order chi connectivity index (χ1) is 9.11. The average Bonchev–Trinajstić information content (AvgIpc) is 2.94. The molecule has 4 heteroatoms. The molecule has 0 fully saturated rings. The van der Waals surface area contributed by atoms with Gasteiger partial charge in [-0.15, -0.1) is 11.3 Å². The second-order valence-electron chi connectivity index (χ2n) is 5.23. The van der Waals surface area contributed by atoms with E-state index in [-0.39, 0.29) is 0 Å². The molecule has 2 aromatic rings. The van der Waals surface area contributed by atoms with Crippen molar-refractivity contribution in [3.63, 3.8) is 0 Å². The first-order valence-electron chi connectivity index (χ1n) is 6.57. The predicted octanol–water partition coefficient (Wildman–Crippen LogP) is 3.92. The van der Waals surface area contributed by atoms with Gasteiger partial charge in [-0.3, -0.25) is 0 Å². The minimum atomic E-state index is 0.313. The van der Waals surface area contributed by atoms with E-state index in [0.717, 1.165) is 23.6 Å². The van der Waals surface area contributed by atoms with Crippen molar-refractivity contribution in [2.45, 2.75) is 38.8 Å². The van der Waals surface area contributed by atoms with E-state index >= 15 is 0 Å². The van der Waals surface area contributed by atoms with Crippen LogP contribution in [0, 0.1) is 6.92 Å². The summed E-state index contributed by atoms with van der Waals surface area (Å²) >= 11 is 7.78. The highest BCUT2D eigenvalue weighted by Gasteiger charge is 2.23. The molecule has 0 saturated carbocycles. The molecule has 19 heavy (non-hydrogen) atoms. The van der Waals surface area contributed by atoms with E-state index in [1.807, 2.05) is 13.0 Å². The molecule has 0 amide bonds. The fourth-order valence-electron chi connectivity index (χ4n) is 2.70. The standard InChI is InChI=1S/C15H17ClN2S/c1-9-8-19-15(17-9)10(2)18-14-6-11-3-4-13(16)5-12(11)7-14/h3-5,8,10,14,18H,6-7H2,1-2H3. The summed E-state index contributed by atoms with van der Waals surface area (Å²) in [6.07, 6.45) is 2.14. The van der Waals surface area contributed by atoms with Crippen LogP contribution in [0.15, 0.2) is 23.6 Å². The van der Waals surface area contributed by atoms with E-state index in [4.69, 9.17) is 11.6 Å². The van der Waals surface area contributed by atoms with Crippen molar-refractivity contribution in [3.8, 4) is 0 Å². The summed E-state index contributed by atoms with van der Waals surface area (Å²) in [5.41, 5.74) is 3.91. The topological polar surface area (TPSA) is 24.9 Å². The molecular weight excluding hydrogens is 276 g/mol. The summed E-state index contributed by atoms with van der Waals surface area (Å²) in [6.45, 7) is 4.23. The largest absolute Gasteiger partial charge is 0.305 e. The molecule has 1 N–H and O–H groups in total. The van der Waals surface area contributed by atoms with Gasteiger partial charge in [-0.05, 0) is 49.9 Å². The molecule has 1 heterocycles. The van der Waals surface area contributed by atoms with Gasteiger partial charge in [-0.2, -0.15) is 0 Å². The summed E-state index contributed by atoms with van der Waals surface area (Å²) in [4.78, 5) is 4.55. The normalized spacial score (nSPS) is 19.4. The number of aromatic nitrogens is 1. The number of benzene rings is 1. The van der Waals surface area contributed by atoms with Crippen molar-refractivity contribution < 1.29 is 0 Å². The van der Waals surface area contributed by atoms with E-state index in [0.29, 0.717) is 12.1 Å². The van der Waals surface area contributed by atoms with Gasteiger partial charge in [0.25, 0.3) is 0 Å². The van der Waals surface area contributed by atoms with Gasteiger partial charge in [0, 0.05) is 22.1 Å². The van der Waals surface area contributed by atoms with Crippen molar-refractivity contribution in [2.75, 3.05) is 0 Å². The SMILES string of the molecule is Cc1csc(C(C)NC2Cc3ccc(Cl)cc3C2)n1. The fourth-order valence-corrected chi connectivity index (χ4v) is 3.71. The molecule has 1 aromatic carbocycles. The summed E-state index contributed by atoms with van der Waals surface area (Å²) < 4.78 is 0. The van der Waals surface area contributed by atoms with Gasteiger partial charge in [0.1, 0.15) is 5.01 Å². The molecule has 1 aliphatic carbocycles. The number of fused-ring (bicyclic) bond motifs is 1. The minimum Gasteiger partial charge on any atom is -0.305 e. The highest BCUT2D eigenvalue weighted by atomic mass is 35.5. The van der Waals surface area contributed by atoms with Gasteiger partial charge in [0.15, 0.2) is 0 Å². The number of nitrogens with zero attached hydrogens (tertiary/aromatic N) is 1. The van der Waals surface area contributed by atoms with E-state index in [1.54, 1.807) is 11.3 Å². The van der Waals surface area contributed by atoms with Gasteiger partial charge < -0.3 is 5.32 Å². The maximum absolute atomic E-state index is 6.05. The van der Waals surface area contributed by atoms with Gasteiger partial charge in [-0.25, -0.2) is 4.98 Å². The number of aryl methyl sites for hydroxylation is 1. The van der Waals surface area contributed by atoms with Crippen LogP contribution in [0.3, 0.4) is 0 Å². The zero-order valence-corrected chi connectivity index (χ0v) is 12.7. The lowest BCUT2D eigenvalue weighted by molar-refractivity contribution is 0.466. The second kappa shape index (κ2) is 5.23. The smallest absolute Gasteiger partial charge is 0.110 e. The minimum absolute atomic E-state index is 0.313. The Balaban J connectivity index is 1.67. The molecule has 3 rings (SSSR count). The molecule has 0 aliphatic heterocycles. The average molecular weight is 293 g/mol. The van der Waals surface area contributed by atoms with E-state index in [1.165, 1.54) is 16.1 Å². The Morgan fingerprint density at radius 3 is 2.89 bits per heavy atom. The lowest BCUT2D eigenvalue weighted by atomic mass is 10.1. The second-order valence-corrected chi connectivity index (χ2v) is 6.56. The molecule has 100 valence electrons. The van der Waals surface area contributed by atoms with Crippen molar-refractivity contribution in [1.82, 2.24) is 10.3 Å². The maximum atomic E-state index is 6.05. The van der Waals surface area contributed by atoms with Crippen LogP contribution in [0.1, 0.15) is 34.8 Å². The third-order valence-electron chi connectivity index (χ3n) is 3.59. The van der Waals surface area contributed by atoms with Crippen LogP contribution in [-0.2, 0) is 12.8 Å². The van der Waals surface area contributed by atoms with Gasteiger partial charge in [-0.1, -0.05) is 17.7 Å². The fraction of sp³-hybridized carbons (Fsp3) is 0.400. The molecule has 0 spiro atoms. The molecule has 2 nitrogen and oxygen atoms in total. The Morgan fingerprint density at radius 1 is 1.37 bits per heavy atom. The van der Waals surface area contributed by atoms with Gasteiger partial charge >= 0.3 is 0 Å². The molecule has 0 radical (unpaired) electrons. The first kappa shape index (κ1) is 13.1. The highest BCUT2D eigenvalue weighted by molar-refractivity contribution is 7.09. The zero-order valence-electron chi connectivity index (χ0n) is 11.1. The van der Waals surface area contributed by atoms with Crippen LogP contribution in [0.2, 0.25) is 5.02 Å². The van der Waals surface area contributed by atoms with Crippen molar-refractivity contribution in [2.24, 2.45) is 0 Å². The molecule has 1 aliphatic rings. The molecule has 1 aromatic heterocycles. The lowest BCUT2D eigenvalue weighted by Gasteiger charge is -2.17. The number of nitrogens with one attached hydrogen (secondary N) is 1. The van der Waals surface area contributed by atoms with Crippen molar-refractivity contribution in [3.05, 3.63) is 50.4 Å². The zero-order chi connectivity index (χ0) is 13.4. The van der Waals surface area contributed by atoms with Gasteiger partial charge in [0.05, 0.1) is 6.04 Å². The number of thiazole rings is 1. The maximum Gasteiger partial charge on any atom is 0.110 e. The summed E-state index contributed by atoms with van der Waals surface area (Å²) in [7, 11) is 0. The number of hydrogen-bond acceptors (Lipinski definition) is 3. The van der Waals surface area contributed by atoms with E-state index in [2.05, 4.69) is 34.7 Å². The third kappa shape index (κ3) is 2.83. The molecule has 0 saturated heterocycles. The molecule has 2 unspecified atom stereocenters. The molecular formula is C15H17ClN2S. The van der Waals surface area contributed by atoms with Crippen molar-refractivity contribution >= 4 is 22.9 Å². The van der Waals surface area contributed by atoms with Crippen LogP contribution >= 0.6 is 22.9 Å². The first-order valence-corrected chi connectivity index (χ1v) is 7.83. The Morgan fingerprint density at radius 2 is 2.16 bits per heavy atom. The van der Waals surface area contributed by atoms with Crippen molar-refractivity contribution in [1.29, 1.82) is 0 Å². The Bertz CT molecular complexity index is 594. The number of hydrogen-bond donors (Lipinski definition) is 1. The Hall–Kier alpha value is -0.900. The van der Waals surface area contributed by atoms with Crippen LogP contribution < -0.4 is 5.32 Å². The quantitative estimate of drug-likeness (QED) is 0.927. The van der Waals surface area contributed by atoms with E-state index in [9.17, 15) is 0 Å².